The zero-order valence-electron chi connectivity index (χ0n) is 10.8. The molecule has 1 heterocycles. The summed E-state index contributed by atoms with van der Waals surface area (Å²) < 4.78 is 5.66. The number of hydrogen-bond acceptors (Lipinski definition) is 5. The standard InChI is InChI=1S/C15H11N3OS/c1-9-6-12(4-2-10(9)8-16)20-15-18-13-5-3-11(17)7-14(13)19-15/h2-7H,17H2,1H3. The van der Waals surface area contributed by atoms with E-state index in [2.05, 4.69) is 11.1 Å². The summed E-state index contributed by atoms with van der Waals surface area (Å²) in [6, 6.07) is 13.2. The van der Waals surface area contributed by atoms with Crippen LogP contribution >= 0.6 is 11.8 Å². The molecule has 5 heteroatoms. The van der Waals surface area contributed by atoms with Crippen LogP contribution in [0, 0.1) is 18.3 Å². The minimum atomic E-state index is 0.565. The Kier molecular flexibility index (Phi) is 3.09. The van der Waals surface area contributed by atoms with Crippen LogP contribution < -0.4 is 5.73 Å². The monoisotopic (exact) mass is 281 g/mol. The quantitative estimate of drug-likeness (QED) is 0.724. The predicted octanol–water partition coefficient (Wildman–Crippen LogP) is 3.74. The molecule has 2 N–H and O–H groups in total. The number of nitrogens with two attached hydrogens (primary N) is 1. The second kappa shape index (κ2) is 4.91. The maximum atomic E-state index is 8.92. The molecule has 0 radical (unpaired) electrons. The normalized spacial score (nSPS) is 10.6. The van der Waals surface area contributed by atoms with Crippen LogP contribution in [0.5, 0.6) is 0 Å². The van der Waals surface area contributed by atoms with Gasteiger partial charge in [-0.3, -0.25) is 0 Å². The maximum Gasteiger partial charge on any atom is 0.261 e. The van der Waals surface area contributed by atoms with Gasteiger partial charge in [0.25, 0.3) is 5.22 Å². The topological polar surface area (TPSA) is 75.8 Å². The summed E-state index contributed by atoms with van der Waals surface area (Å²) in [5.74, 6) is 0. The third-order valence-corrected chi connectivity index (χ3v) is 3.76. The van der Waals surface area contributed by atoms with Crippen LogP contribution in [0.25, 0.3) is 11.1 Å². The molecule has 20 heavy (non-hydrogen) atoms. The molecular weight excluding hydrogens is 270 g/mol. The minimum Gasteiger partial charge on any atom is -0.431 e. The van der Waals surface area contributed by atoms with Crippen molar-refractivity contribution in [2.75, 3.05) is 5.73 Å². The Morgan fingerprint density at radius 3 is 2.85 bits per heavy atom. The highest BCUT2D eigenvalue weighted by Crippen LogP contribution is 2.31. The molecule has 0 saturated carbocycles. The Hall–Kier alpha value is -2.45. The lowest BCUT2D eigenvalue weighted by molar-refractivity contribution is 0.489. The first kappa shape index (κ1) is 12.6. The van der Waals surface area contributed by atoms with Gasteiger partial charge in [0.05, 0.1) is 11.6 Å². The van der Waals surface area contributed by atoms with E-state index >= 15 is 0 Å². The Balaban J connectivity index is 1.93. The lowest BCUT2D eigenvalue weighted by Crippen LogP contribution is -1.82. The second-order valence-electron chi connectivity index (χ2n) is 4.40. The van der Waals surface area contributed by atoms with Crippen molar-refractivity contribution in [2.24, 2.45) is 0 Å². The van der Waals surface area contributed by atoms with Gasteiger partial charge in [0, 0.05) is 16.6 Å². The first-order chi connectivity index (χ1) is 9.65. The fourth-order valence-electron chi connectivity index (χ4n) is 1.89. The number of oxazole rings is 1. The van der Waals surface area contributed by atoms with Gasteiger partial charge in [-0.2, -0.15) is 5.26 Å². The van der Waals surface area contributed by atoms with Gasteiger partial charge >= 0.3 is 0 Å². The number of benzene rings is 2. The van der Waals surface area contributed by atoms with Gasteiger partial charge < -0.3 is 10.2 Å². The summed E-state index contributed by atoms with van der Waals surface area (Å²) >= 11 is 1.42. The van der Waals surface area contributed by atoms with Crippen molar-refractivity contribution in [1.82, 2.24) is 4.98 Å². The molecule has 98 valence electrons. The van der Waals surface area contributed by atoms with Crippen molar-refractivity contribution < 1.29 is 4.42 Å². The van der Waals surface area contributed by atoms with Crippen LogP contribution in [0.2, 0.25) is 0 Å². The average Bonchev–Trinajstić information content (AvgIpc) is 2.80. The van der Waals surface area contributed by atoms with Gasteiger partial charge in [0.1, 0.15) is 5.52 Å². The van der Waals surface area contributed by atoms with Crippen molar-refractivity contribution in [2.45, 2.75) is 17.0 Å². The first-order valence-electron chi connectivity index (χ1n) is 6.00. The van der Waals surface area contributed by atoms with Crippen molar-refractivity contribution in [3.63, 3.8) is 0 Å². The number of anilines is 1. The van der Waals surface area contributed by atoms with Gasteiger partial charge in [-0.15, -0.1) is 0 Å². The molecule has 3 aromatic rings. The third kappa shape index (κ3) is 2.33. The molecular formula is C15H11N3OS. The summed E-state index contributed by atoms with van der Waals surface area (Å²) in [4.78, 5) is 5.38. The van der Waals surface area contributed by atoms with Gasteiger partial charge in [-0.05, 0) is 54.6 Å². The number of hydrogen-bond donors (Lipinski definition) is 1. The molecule has 0 saturated heterocycles. The Morgan fingerprint density at radius 1 is 1.25 bits per heavy atom. The molecule has 4 nitrogen and oxygen atoms in total. The summed E-state index contributed by atoms with van der Waals surface area (Å²) in [6.45, 7) is 1.91. The predicted molar refractivity (Wildman–Crippen MR) is 78.4 cm³/mol. The number of nitriles is 1. The lowest BCUT2D eigenvalue weighted by Gasteiger charge is -2.00. The molecule has 0 atom stereocenters. The summed E-state index contributed by atoms with van der Waals surface area (Å²) in [5, 5.41) is 9.49. The Bertz CT molecular complexity index is 833. The third-order valence-electron chi connectivity index (χ3n) is 2.92. The van der Waals surface area contributed by atoms with Crippen LogP contribution in [0.15, 0.2) is 50.9 Å². The highest BCUT2D eigenvalue weighted by Gasteiger charge is 2.08. The number of rotatable bonds is 2. The highest BCUT2D eigenvalue weighted by atomic mass is 32.2. The molecule has 0 aliphatic heterocycles. The average molecular weight is 281 g/mol. The summed E-state index contributed by atoms with van der Waals surface area (Å²) in [6.07, 6.45) is 0. The van der Waals surface area contributed by atoms with E-state index in [-0.39, 0.29) is 0 Å². The molecule has 0 aliphatic carbocycles. The fraction of sp³-hybridized carbons (Fsp3) is 0.0667. The van der Waals surface area contributed by atoms with E-state index in [0.717, 1.165) is 16.0 Å². The lowest BCUT2D eigenvalue weighted by atomic mass is 10.1. The fourth-order valence-corrected chi connectivity index (χ4v) is 2.74. The largest absolute Gasteiger partial charge is 0.431 e. The van der Waals surface area contributed by atoms with Crippen molar-refractivity contribution >= 4 is 28.5 Å². The van der Waals surface area contributed by atoms with E-state index in [1.165, 1.54) is 11.8 Å². The maximum absolute atomic E-state index is 8.92. The molecule has 2 aromatic carbocycles. The number of fused-ring (bicyclic) bond motifs is 1. The van der Waals surface area contributed by atoms with Crippen LogP contribution in [-0.4, -0.2) is 4.98 Å². The molecule has 0 spiro atoms. The molecule has 0 amide bonds. The van der Waals surface area contributed by atoms with Crippen LogP contribution in [-0.2, 0) is 0 Å². The van der Waals surface area contributed by atoms with E-state index in [0.29, 0.717) is 22.1 Å². The van der Waals surface area contributed by atoms with E-state index in [1.54, 1.807) is 18.2 Å². The van der Waals surface area contributed by atoms with Crippen LogP contribution in [0.1, 0.15) is 11.1 Å². The highest BCUT2D eigenvalue weighted by molar-refractivity contribution is 7.99. The van der Waals surface area contributed by atoms with Gasteiger partial charge in [-0.1, -0.05) is 0 Å². The summed E-state index contributed by atoms with van der Waals surface area (Å²) in [7, 11) is 0. The van der Waals surface area contributed by atoms with Gasteiger partial charge in [0.15, 0.2) is 5.58 Å². The van der Waals surface area contributed by atoms with E-state index in [9.17, 15) is 0 Å². The van der Waals surface area contributed by atoms with E-state index < -0.39 is 0 Å². The summed E-state index contributed by atoms with van der Waals surface area (Å²) in [5.41, 5.74) is 9.45. The van der Waals surface area contributed by atoms with Crippen molar-refractivity contribution in [3.05, 3.63) is 47.5 Å². The van der Waals surface area contributed by atoms with E-state index in [4.69, 9.17) is 15.4 Å². The number of nitrogens with zero attached hydrogens (tertiary/aromatic N) is 2. The van der Waals surface area contributed by atoms with Crippen molar-refractivity contribution in [3.8, 4) is 6.07 Å². The number of aryl methyl sites for hydroxylation is 1. The second-order valence-corrected chi connectivity index (χ2v) is 5.42. The Labute approximate surface area is 120 Å². The molecule has 0 bridgehead atoms. The van der Waals surface area contributed by atoms with E-state index in [1.807, 2.05) is 25.1 Å². The van der Waals surface area contributed by atoms with Crippen LogP contribution in [0.3, 0.4) is 0 Å². The SMILES string of the molecule is Cc1cc(Sc2nc3ccc(N)cc3o2)ccc1C#N. The van der Waals surface area contributed by atoms with Gasteiger partial charge in [-0.25, -0.2) is 4.98 Å². The van der Waals surface area contributed by atoms with Crippen LogP contribution in [0.4, 0.5) is 5.69 Å². The van der Waals surface area contributed by atoms with Gasteiger partial charge in [0.2, 0.25) is 0 Å². The molecule has 0 aliphatic rings. The minimum absolute atomic E-state index is 0.565. The smallest absolute Gasteiger partial charge is 0.261 e. The Morgan fingerprint density at radius 2 is 2.10 bits per heavy atom. The molecule has 3 rings (SSSR count). The molecule has 1 aromatic heterocycles. The first-order valence-corrected chi connectivity index (χ1v) is 6.82. The zero-order chi connectivity index (χ0) is 14.1. The number of aromatic nitrogens is 1. The number of nitrogen functional groups attached to an aromatic ring is 1. The zero-order valence-corrected chi connectivity index (χ0v) is 11.6. The molecule has 0 fully saturated rings. The van der Waals surface area contributed by atoms with Crippen molar-refractivity contribution in [1.29, 1.82) is 5.26 Å². The molecule has 0 unspecified atom stereocenters.